The van der Waals surface area contributed by atoms with Crippen molar-refractivity contribution in [3.8, 4) is 5.75 Å². The molecule has 1 aliphatic heterocycles. The molecular weight excluding hydrogens is 434 g/mol. The summed E-state index contributed by atoms with van der Waals surface area (Å²) in [4.78, 5) is 39.8. The highest BCUT2D eigenvalue weighted by molar-refractivity contribution is 6.12. The lowest BCUT2D eigenvalue weighted by Crippen LogP contribution is -2.43. The molecule has 4 rings (SSSR count). The van der Waals surface area contributed by atoms with E-state index in [1.54, 1.807) is 7.11 Å². The van der Waals surface area contributed by atoms with Crippen molar-refractivity contribution in [3.63, 3.8) is 0 Å². The van der Waals surface area contributed by atoms with Crippen molar-refractivity contribution < 1.29 is 28.6 Å². The van der Waals surface area contributed by atoms with Gasteiger partial charge in [0.05, 0.1) is 19.8 Å². The number of ketones is 1. The van der Waals surface area contributed by atoms with Crippen LogP contribution in [-0.4, -0.2) is 38.0 Å². The van der Waals surface area contributed by atoms with Gasteiger partial charge in [0.25, 0.3) is 0 Å². The van der Waals surface area contributed by atoms with E-state index in [0.29, 0.717) is 29.0 Å². The summed E-state index contributed by atoms with van der Waals surface area (Å²) < 4.78 is 16.2. The zero-order valence-corrected chi connectivity index (χ0v) is 20.3. The minimum atomic E-state index is -0.902. The van der Waals surface area contributed by atoms with Crippen LogP contribution in [-0.2, 0) is 23.9 Å². The molecule has 1 heterocycles. The van der Waals surface area contributed by atoms with E-state index in [2.05, 4.69) is 5.32 Å². The van der Waals surface area contributed by atoms with Crippen LogP contribution in [0.2, 0.25) is 0 Å². The lowest BCUT2D eigenvalue weighted by molar-refractivity contribution is -0.151. The van der Waals surface area contributed by atoms with Gasteiger partial charge in [0.1, 0.15) is 17.8 Å². The third-order valence-electron chi connectivity index (χ3n) is 7.24. The molecular formula is C27H33NO6. The molecule has 1 aromatic rings. The highest BCUT2D eigenvalue weighted by Gasteiger charge is 2.47. The molecule has 2 aliphatic carbocycles. The van der Waals surface area contributed by atoms with Gasteiger partial charge in [0.15, 0.2) is 5.78 Å². The number of allylic oxidation sites excluding steroid dienone is 3. The number of esters is 2. The van der Waals surface area contributed by atoms with E-state index in [-0.39, 0.29) is 17.8 Å². The van der Waals surface area contributed by atoms with Gasteiger partial charge in [-0.25, -0.2) is 4.79 Å². The van der Waals surface area contributed by atoms with Crippen LogP contribution >= 0.6 is 0 Å². The molecule has 1 fully saturated rings. The second kappa shape index (κ2) is 10.0. The number of rotatable bonds is 5. The van der Waals surface area contributed by atoms with Crippen LogP contribution < -0.4 is 10.1 Å². The number of ether oxygens (including phenoxy) is 3. The monoisotopic (exact) mass is 467 g/mol. The van der Waals surface area contributed by atoms with Gasteiger partial charge in [-0.15, -0.1) is 0 Å². The molecule has 7 nitrogen and oxygen atoms in total. The molecule has 1 aromatic carbocycles. The summed E-state index contributed by atoms with van der Waals surface area (Å²) in [6, 6.07) is 7.34. The zero-order chi connectivity index (χ0) is 24.4. The van der Waals surface area contributed by atoms with Crippen molar-refractivity contribution in [1.29, 1.82) is 0 Å². The van der Waals surface area contributed by atoms with E-state index >= 15 is 0 Å². The van der Waals surface area contributed by atoms with Crippen molar-refractivity contribution in [3.05, 3.63) is 52.4 Å². The van der Waals surface area contributed by atoms with Crippen LogP contribution in [0.25, 0.3) is 0 Å². The summed E-state index contributed by atoms with van der Waals surface area (Å²) in [6.45, 7) is 3.72. The van der Waals surface area contributed by atoms with Crippen molar-refractivity contribution in [2.24, 2.45) is 11.8 Å². The number of Topliss-reactive ketones (excluding diaryl/α,β-unsaturated/α-hetero) is 1. The number of nitrogens with one attached hydrogen (secondary N) is 1. The summed E-state index contributed by atoms with van der Waals surface area (Å²) in [5.74, 6) is -2.34. The maximum absolute atomic E-state index is 13.7. The topological polar surface area (TPSA) is 90.9 Å². The average Bonchev–Trinajstić information content (AvgIpc) is 2.83. The molecule has 3 atom stereocenters. The molecule has 0 spiro atoms. The molecule has 0 amide bonds. The van der Waals surface area contributed by atoms with E-state index in [9.17, 15) is 14.4 Å². The van der Waals surface area contributed by atoms with Gasteiger partial charge in [-0.05, 0) is 62.6 Å². The lowest BCUT2D eigenvalue weighted by atomic mass is 9.69. The molecule has 0 saturated heterocycles. The summed E-state index contributed by atoms with van der Waals surface area (Å²) in [5.41, 5.74) is 3.07. The van der Waals surface area contributed by atoms with E-state index in [4.69, 9.17) is 14.2 Å². The summed E-state index contributed by atoms with van der Waals surface area (Å²) in [7, 11) is 2.88. The van der Waals surface area contributed by atoms with Gasteiger partial charge >= 0.3 is 11.9 Å². The number of hydrogen-bond acceptors (Lipinski definition) is 7. The van der Waals surface area contributed by atoms with Crippen molar-refractivity contribution in [1.82, 2.24) is 5.32 Å². The smallest absolute Gasteiger partial charge is 0.337 e. The molecule has 0 aromatic heterocycles. The highest BCUT2D eigenvalue weighted by atomic mass is 16.5. The number of hydrogen-bond donors (Lipinski definition) is 1. The second-order valence-corrected chi connectivity index (χ2v) is 9.47. The van der Waals surface area contributed by atoms with E-state index in [1.165, 1.54) is 7.11 Å². The zero-order valence-electron chi connectivity index (χ0n) is 20.3. The fourth-order valence-corrected chi connectivity index (χ4v) is 5.48. The normalized spacial score (nSPS) is 25.4. The molecule has 0 bridgehead atoms. The lowest BCUT2D eigenvalue weighted by Gasteiger charge is -2.38. The van der Waals surface area contributed by atoms with Crippen LogP contribution in [0.5, 0.6) is 5.75 Å². The number of carbonyl (C=O) groups excluding carboxylic acids is 3. The van der Waals surface area contributed by atoms with Gasteiger partial charge in [0.2, 0.25) is 0 Å². The first-order valence-electron chi connectivity index (χ1n) is 12.0. The maximum atomic E-state index is 13.7. The fourth-order valence-electron chi connectivity index (χ4n) is 5.48. The molecule has 1 saturated carbocycles. The standard InChI is InChI=1S/C27H33NO6/c1-15-14-20-24(25(29)21(15)26(30)33-4)23(17-10-12-18(32-3)13-11-17)22(16(2)28-20)27(31)34-19-8-6-5-7-9-19/h10-13,15,19,21,23,28H,5-9,14H2,1-4H3/t15-,21-,23+/m0/s1. The van der Waals surface area contributed by atoms with Gasteiger partial charge in [-0.1, -0.05) is 25.5 Å². The largest absolute Gasteiger partial charge is 0.497 e. The molecule has 3 aliphatic rings. The summed E-state index contributed by atoms with van der Waals surface area (Å²) in [5, 5.41) is 3.31. The quantitative estimate of drug-likeness (QED) is 0.513. The molecule has 0 radical (unpaired) electrons. The SMILES string of the molecule is COC(=O)[C@@H]1C(=O)C2=C(C[C@@H]1C)NC(C)=C(C(=O)OC1CCCCC1)[C@H]2c1ccc(OC)cc1. The first kappa shape index (κ1) is 24.0. The van der Waals surface area contributed by atoms with Crippen molar-refractivity contribution in [2.45, 2.75) is 64.4 Å². The van der Waals surface area contributed by atoms with E-state index in [0.717, 1.165) is 43.4 Å². The highest BCUT2D eigenvalue weighted by Crippen LogP contribution is 2.46. The summed E-state index contributed by atoms with van der Waals surface area (Å²) >= 11 is 0. The first-order chi connectivity index (χ1) is 16.3. The van der Waals surface area contributed by atoms with Crippen LogP contribution in [0.15, 0.2) is 46.8 Å². The average molecular weight is 468 g/mol. The third kappa shape index (κ3) is 4.48. The van der Waals surface area contributed by atoms with Crippen molar-refractivity contribution >= 4 is 17.7 Å². The van der Waals surface area contributed by atoms with Crippen LogP contribution in [0, 0.1) is 11.8 Å². The number of benzene rings is 1. The Labute approximate surface area is 200 Å². The third-order valence-corrected chi connectivity index (χ3v) is 7.24. The number of methoxy groups -OCH3 is 2. The van der Waals surface area contributed by atoms with Crippen LogP contribution in [0.1, 0.15) is 63.9 Å². The molecule has 0 unspecified atom stereocenters. The Morgan fingerprint density at radius 1 is 1.03 bits per heavy atom. The Balaban J connectivity index is 1.77. The maximum Gasteiger partial charge on any atom is 0.337 e. The predicted octanol–water partition coefficient (Wildman–Crippen LogP) is 4.18. The molecule has 34 heavy (non-hydrogen) atoms. The Morgan fingerprint density at radius 3 is 2.32 bits per heavy atom. The van der Waals surface area contributed by atoms with Gasteiger partial charge in [-0.3, -0.25) is 9.59 Å². The predicted molar refractivity (Wildman–Crippen MR) is 126 cm³/mol. The summed E-state index contributed by atoms with van der Waals surface area (Å²) in [6.07, 6.45) is 5.35. The first-order valence-corrected chi connectivity index (χ1v) is 12.0. The number of carbonyl (C=O) groups is 3. The van der Waals surface area contributed by atoms with E-state index in [1.807, 2.05) is 38.1 Å². The van der Waals surface area contributed by atoms with Gasteiger partial charge in [-0.2, -0.15) is 0 Å². The molecule has 7 heteroatoms. The Bertz CT molecular complexity index is 1030. The second-order valence-electron chi connectivity index (χ2n) is 9.47. The van der Waals surface area contributed by atoms with E-state index < -0.39 is 23.8 Å². The Morgan fingerprint density at radius 2 is 1.71 bits per heavy atom. The van der Waals surface area contributed by atoms with Crippen molar-refractivity contribution in [2.75, 3.05) is 14.2 Å². The minimum Gasteiger partial charge on any atom is -0.497 e. The fraction of sp³-hybridized carbons (Fsp3) is 0.519. The minimum absolute atomic E-state index is 0.113. The Hall–Kier alpha value is -3.09. The number of dihydropyridines is 1. The Kier molecular flexibility index (Phi) is 7.10. The van der Waals surface area contributed by atoms with Gasteiger partial charge in [0, 0.05) is 22.9 Å². The molecule has 1 N–H and O–H groups in total. The van der Waals surface area contributed by atoms with Crippen LogP contribution in [0.3, 0.4) is 0 Å². The van der Waals surface area contributed by atoms with Crippen LogP contribution in [0.4, 0.5) is 0 Å². The molecule has 182 valence electrons. The van der Waals surface area contributed by atoms with Gasteiger partial charge < -0.3 is 19.5 Å².